The third kappa shape index (κ3) is 10.1. The molecular weight excluding hydrogens is 310 g/mol. The minimum atomic E-state index is -0.442. The Bertz CT molecular complexity index is 339. The maximum absolute atomic E-state index is 11.8. The second kappa shape index (κ2) is 10.4. The highest BCUT2D eigenvalue weighted by molar-refractivity contribution is 7.99. The fraction of sp³-hybridized carbons (Fsp3) is 0.941. The van der Waals surface area contributed by atoms with Crippen LogP contribution in [-0.2, 0) is 4.74 Å². The first-order chi connectivity index (χ1) is 10.8. The van der Waals surface area contributed by atoms with Crippen LogP contribution in [0.1, 0.15) is 34.6 Å². The number of nitrogens with one attached hydrogen (secondary N) is 2. The summed E-state index contributed by atoms with van der Waals surface area (Å²) in [5.74, 6) is 3.45. The molecule has 5 nitrogen and oxygen atoms in total. The van der Waals surface area contributed by atoms with Crippen LogP contribution in [0.5, 0.6) is 0 Å². The van der Waals surface area contributed by atoms with E-state index in [9.17, 15) is 4.79 Å². The number of hydrogen-bond donors (Lipinski definition) is 2. The molecule has 0 bridgehead atoms. The summed E-state index contributed by atoms with van der Waals surface area (Å²) in [6, 6.07) is 0. The average molecular weight is 346 g/mol. The van der Waals surface area contributed by atoms with Gasteiger partial charge in [0.15, 0.2) is 0 Å². The van der Waals surface area contributed by atoms with Gasteiger partial charge in [0.2, 0.25) is 0 Å². The molecule has 0 aromatic rings. The Labute approximate surface area is 146 Å². The van der Waals surface area contributed by atoms with Crippen molar-refractivity contribution in [3.63, 3.8) is 0 Å². The van der Waals surface area contributed by atoms with Crippen molar-refractivity contribution in [3.8, 4) is 0 Å². The molecule has 1 rings (SSSR count). The fourth-order valence-electron chi connectivity index (χ4n) is 2.42. The zero-order valence-electron chi connectivity index (χ0n) is 15.5. The van der Waals surface area contributed by atoms with Crippen LogP contribution in [0.2, 0.25) is 0 Å². The van der Waals surface area contributed by atoms with E-state index in [1.54, 1.807) is 0 Å². The standard InChI is InChI=1S/C17H35N3O2S/c1-14(2)15(13-19-16(21)22-17(3,4)5)12-18-6-7-20-8-10-23-11-9-20/h14-15,18H,6-13H2,1-5H3,(H,19,21). The Morgan fingerprint density at radius 3 is 2.43 bits per heavy atom. The smallest absolute Gasteiger partial charge is 0.407 e. The maximum Gasteiger partial charge on any atom is 0.407 e. The number of carbonyl (C=O) groups is 1. The molecule has 0 aromatic heterocycles. The molecule has 0 spiro atoms. The monoisotopic (exact) mass is 345 g/mol. The molecular formula is C17H35N3O2S. The van der Waals surface area contributed by atoms with Crippen LogP contribution in [0.25, 0.3) is 0 Å². The highest BCUT2D eigenvalue weighted by Gasteiger charge is 2.19. The molecule has 0 radical (unpaired) electrons. The molecule has 1 atom stereocenters. The minimum absolute atomic E-state index is 0.325. The van der Waals surface area contributed by atoms with E-state index in [4.69, 9.17) is 4.74 Å². The topological polar surface area (TPSA) is 53.6 Å². The van der Waals surface area contributed by atoms with E-state index in [0.29, 0.717) is 18.4 Å². The Morgan fingerprint density at radius 2 is 1.87 bits per heavy atom. The number of hydrogen-bond acceptors (Lipinski definition) is 5. The zero-order chi connectivity index (χ0) is 17.3. The predicted molar refractivity (Wildman–Crippen MR) is 99.2 cm³/mol. The molecule has 23 heavy (non-hydrogen) atoms. The molecule has 0 saturated carbocycles. The lowest BCUT2D eigenvalue weighted by Crippen LogP contribution is -2.42. The zero-order valence-corrected chi connectivity index (χ0v) is 16.3. The van der Waals surface area contributed by atoms with Crippen LogP contribution in [0.15, 0.2) is 0 Å². The Hall–Kier alpha value is -0.460. The number of amides is 1. The van der Waals surface area contributed by atoms with Crippen LogP contribution in [0, 0.1) is 11.8 Å². The Morgan fingerprint density at radius 1 is 1.22 bits per heavy atom. The molecule has 1 saturated heterocycles. The van der Waals surface area contributed by atoms with E-state index in [1.165, 1.54) is 24.6 Å². The van der Waals surface area contributed by atoms with Gasteiger partial charge >= 0.3 is 6.09 Å². The van der Waals surface area contributed by atoms with Crippen molar-refractivity contribution in [2.75, 3.05) is 50.8 Å². The van der Waals surface area contributed by atoms with Crippen LogP contribution in [0.3, 0.4) is 0 Å². The van der Waals surface area contributed by atoms with E-state index in [0.717, 1.165) is 19.6 Å². The van der Waals surface area contributed by atoms with Gasteiger partial charge in [-0.25, -0.2) is 4.79 Å². The highest BCUT2D eigenvalue weighted by Crippen LogP contribution is 2.11. The minimum Gasteiger partial charge on any atom is -0.444 e. The van der Waals surface area contributed by atoms with Gasteiger partial charge in [0.25, 0.3) is 0 Å². The van der Waals surface area contributed by atoms with Gasteiger partial charge in [0, 0.05) is 44.2 Å². The van der Waals surface area contributed by atoms with Gasteiger partial charge in [-0.05, 0) is 39.2 Å². The van der Waals surface area contributed by atoms with Gasteiger partial charge in [-0.1, -0.05) is 13.8 Å². The van der Waals surface area contributed by atoms with Gasteiger partial charge in [-0.2, -0.15) is 11.8 Å². The fourth-order valence-corrected chi connectivity index (χ4v) is 3.40. The summed E-state index contributed by atoms with van der Waals surface area (Å²) < 4.78 is 5.29. The summed E-state index contributed by atoms with van der Waals surface area (Å²) >= 11 is 2.05. The molecule has 2 N–H and O–H groups in total. The first-order valence-electron chi connectivity index (χ1n) is 8.75. The van der Waals surface area contributed by atoms with Gasteiger partial charge in [-0.3, -0.25) is 0 Å². The quantitative estimate of drug-likeness (QED) is 0.662. The first kappa shape index (κ1) is 20.6. The van der Waals surface area contributed by atoms with Crippen LogP contribution >= 0.6 is 11.8 Å². The van der Waals surface area contributed by atoms with Gasteiger partial charge < -0.3 is 20.3 Å². The molecule has 1 fully saturated rings. The predicted octanol–water partition coefficient (Wildman–Crippen LogP) is 2.42. The van der Waals surface area contributed by atoms with Crippen LogP contribution < -0.4 is 10.6 Å². The SMILES string of the molecule is CC(C)C(CNCCN1CCSCC1)CNC(=O)OC(C)(C)C. The van der Waals surface area contributed by atoms with Gasteiger partial charge in [0.05, 0.1) is 0 Å². The second-order valence-electron chi connectivity index (χ2n) is 7.55. The summed E-state index contributed by atoms with van der Waals surface area (Å²) in [6.07, 6.45) is -0.325. The lowest BCUT2D eigenvalue weighted by molar-refractivity contribution is 0.0515. The third-order valence-electron chi connectivity index (χ3n) is 3.97. The van der Waals surface area contributed by atoms with Crippen molar-refractivity contribution in [3.05, 3.63) is 0 Å². The summed E-state index contributed by atoms with van der Waals surface area (Å²) in [7, 11) is 0. The molecule has 0 aromatic carbocycles. The largest absolute Gasteiger partial charge is 0.444 e. The summed E-state index contributed by atoms with van der Waals surface area (Å²) in [4.78, 5) is 14.3. The van der Waals surface area contributed by atoms with Gasteiger partial charge in [-0.15, -0.1) is 0 Å². The second-order valence-corrected chi connectivity index (χ2v) is 8.77. The van der Waals surface area contributed by atoms with Crippen molar-refractivity contribution in [1.82, 2.24) is 15.5 Å². The number of carbonyl (C=O) groups excluding carboxylic acids is 1. The van der Waals surface area contributed by atoms with Gasteiger partial charge in [0.1, 0.15) is 5.60 Å². The lowest BCUT2D eigenvalue weighted by atomic mass is 9.96. The molecule has 1 unspecified atom stereocenters. The molecule has 1 aliphatic rings. The third-order valence-corrected chi connectivity index (χ3v) is 4.91. The van der Waals surface area contributed by atoms with E-state index >= 15 is 0 Å². The Balaban J connectivity index is 2.19. The maximum atomic E-state index is 11.8. The lowest BCUT2D eigenvalue weighted by Gasteiger charge is -2.27. The summed E-state index contributed by atoms with van der Waals surface area (Å²) in [5.41, 5.74) is -0.442. The van der Waals surface area contributed by atoms with Crippen LogP contribution in [0.4, 0.5) is 4.79 Å². The number of nitrogens with zero attached hydrogens (tertiary/aromatic N) is 1. The average Bonchev–Trinajstić information content (AvgIpc) is 2.45. The van der Waals surface area contributed by atoms with Crippen molar-refractivity contribution in [2.24, 2.45) is 11.8 Å². The van der Waals surface area contributed by atoms with E-state index in [-0.39, 0.29) is 6.09 Å². The summed E-state index contributed by atoms with van der Waals surface area (Å²) in [6.45, 7) is 16.2. The molecule has 1 heterocycles. The molecule has 6 heteroatoms. The van der Waals surface area contributed by atoms with Crippen molar-refractivity contribution in [2.45, 2.75) is 40.2 Å². The van der Waals surface area contributed by atoms with Crippen molar-refractivity contribution < 1.29 is 9.53 Å². The number of thioether (sulfide) groups is 1. The highest BCUT2D eigenvalue weighted by atomic mass is 32.2. The van der Waals surface area contributed by atoms with Crippen LogP contribution in [-0.4, -0.2) is 67.4 Å². The molecule has 1 aliphatic heterocycles. The molecule has 1 amide bonds. The number of alkyl carbamates (subject to hydrolysis) is 1. The van der Waals surface area contributed by atoms with Crippen molar-refractivity contribution >= 4 is 17.9 Å². The normalized spacial score (nSPS) is 18.0. The molecule has 136 valence electrons. The van der Waals surface area contributed by atoms with E-state index in [2.05, 4.69) is 29.4 Å². The number of ether oxygens (including phenoxy) is 1. The number of rotatable bonds is 8. The van der Waals surface area contributed by atoms with E-state index in [1.807, 2.05) is 32.5 Å². The Kier molecular flexibility index (Phi) is 9.32. The van der Waals surface area contributed by atoms with Crippen molar-refractivity contribution in [1.29, 1.82) is 0 Å². The first-order valence-corrected chi connectivity index (χ1v) is 9.91. The molecule has 0 aliphatic carbocycles. The van der Waals surface area contributed by atoms with E-state index < -0.39 is 5.60 Å². The summed E-state index contributed by atoms with van der Waals surface area (Å²) in [5, 5.41) is 6.44.